The summed E-state index contributed by atoms with van der Waals surface area (Å²) in [5.41, 5.74) is 3.67. The first kappa shape index (κ1) is 25.7. The molecule has 1 saturated heterocycles. The van der Waals surface area contributed by atoms with Crippen molar-refractivity contribution in [2.24, 2.45) is 5.92 Å². The summed E-state index contributed by atoms with van der Waals surface area (Å²) in [5, 5.41) is 12.4. The number of aromatic nitrogens is 1. The number of para-hydroxylation sites is 1. The number of nitrogens with one attached hydrogen (secondary N) is 1. The molecule has 2 aromatic carbocycles. The van der Waals surface area contributed by atoms with E-state index in [0.29, 0.717) is 41.3 Å². The fourth-order valence-corrected chi connectivity index (χ4v) is 5.40. The van der Waals surface area contributed by atoms with Crippen molar-refractivity contribution in [2.45, 2.75) is 31.6 Å². The molecule has 8 nitrogen and oxygen atoms in total. The fraction of sp³-hybridized carbons (Fsp3) is 0.333. The smallest absolute Gasteiger partial charge is 0.257 e. The van der Waals surface area contributed by atoms with Crippen molar-refractivity contribution in [1.82, 2.24) is 9.47 Å². The highest BCUT2D eigenvalue weighted by Crippen LogP contribution is 2.27. The van der Waals surface area contributed by atoms with E-state index >= 15 is 0 Å². The lowest BCUT2D eigenvalue weighted by Crippen LogP contribution is -2.41. The molecular weight excluding hydrogens is 478 g/mol. The van der Waals surface area contributed by atoms with Crippen LogP contribution < -0.4 is 5.32 Å². The van der Waals surface area contributed by atoms with Crippen molar-refractivity contribution in [1.29, 1.82) is 0 Å². The number of piperidine rings is 1. The molecule has 0 radical (unpaired) electrons. The number of carbonyl (C=O) groups is 2. The molecule has 3 aromatic rings. The molecule has 2 amide bonds. The second kappa shape index (κ2) is 10.3. The van der Waals surface area contributed by atoms with Gasteiger partial charge in [0.15, 0.2) is 9.84 Å². The summed E-state index contributed by atoms with van der Waals surface area (Å²) in [6, 6.07) is 15.1. The number of likely N-dealkylation sites (tertiary alicyclic amines) is 1. The predicted molar refractivity (Wildman–Crippen MR) is 138 cm³/mol. The van der Waals surface area contributed by atoms with E-state index in [9.17, 15) is 23.1 Å². The molecule has 0 spiro atoms. The Morgan fingerprint density at radius 1 is 1.06 bits per heavy atom. The summed E-state index contributed by atoms with van der Waals surface area (Å²) in [6.45, 7) is 4.96. The zero-order valence-corrected chi connectivity index (χ0v) is 21.5. The summed E-state index contributed by atoms with van der Waals surface area (Å²) in [7, 11) is -3.32. The van der Waals surface area contributed by atoms with Crippen molar-refractivity contribution in [3.05, 3.63) is 77.1 Å². The monoisotopic (exact) mass is 509 g/mol. The molecule has 36 heavy (non-hydrogen) atoms. The number of aryl methyl sites for hydroxylation is 1. The molecule has 0 aliphatic carbocycles. The number of hydrogen-bond acceptors (Lipinski definition) is 5. The molecule has 9 heteroatoms. The lowest BCUT2D eigenvalue weighted by atomic mass is 9.98. The minimum absolute atomic E-state index is 0.0662. The zero-order valence-electron chi connectivity index (χ0n) is 20.7. The minimum Gasteiger partial charge on any atom is -0.396 e. The number of carbonyl (C=O) groups excluding carboxylic acids is 2. The summed E-state index contributed by atoms with van der Waals surface area (Å²) in [5.74, 6) is -0.327. The van der Waals surface area contributed by atoms with Gasteiger partial charge in [0, 0.05) is 43.0 Å². The largest absolute Gasteiger partial charge is 0.396 e. The van der Waals surface area contributed by atoms with Crippen LogP contribution in [0.3, 0.4) is 0 Å². The first-order valence-corrected chi connectivity index (χ1v) is 13.8. The summed E-state index contributed by atoms with van der Waals surface area (Å²) in [4.78, 5) is 28.6. The van der Waals surface area contributed by atoms with Gasteiger partial charge in [-0.3, -0.25) is 9.59 Å². The van der Waals surface area contributed by atoms with Crippen molar-refractivity contribution in [3.63, 3.8) is 0 Å². The van der Waals surface area contributed by atoms with Crippen LogP contribution in [0.1, 0.15) is 44.9 Å². The molecular formula is C27H31N3O5S. The molecule has 1 fully saturated rings. The van der Waals surface area contributed by atoms with Crippen LogP contribution in [0.4, 0.5) is 5.69 Å². The third kappa shape index (κ3) is 5.22. The first-order chi connectivity index (χ1) is 17.1. The molecule has 2 heterocycles. The van der Waals surface area contributed by atoms with Crippen LogP contribution in [0.15, 0.2) is 59.5 Å². The second-order valence-electron chi connectivity index (χ2n) is 9.33. The third-order valence-corrected chi connectivity index (χ3v) is 7.78. The lowest BCUT2D eigenvalue weighted by Gasteiger charge is -2.32. The number of rotatable bonds is 6. The molecule has 0 bridgehead atoms. The maximum absolute atomic E-state index is 13.5. The third-order valence-electron chi connectivity index (χ3n) is 6.66. The first-order valence-electron chi connectivity index (χ1n) is 11.9. The van der Waals surface area contributed by atoms with Crippen molar-refractivity contribution < 1.29 is 23.1 Å². The van der Waals surface area contributed by atoms with Crippen molar-refractivity contribution in [2.75, 3.05) is 31.3 Å². The van der Waals surface area contributed by atoms with E-state index in [1.165, 1.54) is 12.1 Å². The molecule has 4 rings (SSSR count). The Morgan fingerprint density at radius 3 is 2.42 bits per heavy atom. The van der Waals surface area contributed by atoms with Crippen molar-refractivity contribution in [3.8, 4) is 5.69 Å². The molecule has 1 aliphatic heterocycles. The van der Waals surface area contributed by atoms with Gasteiger partial charge in [-0.2, -0.15) is 0 Å². The van der Waals surface area contributed by atoms with Gasteiger partial charge in [0.2, 0.25) is 0 Å². The average molecular weight is 510 g/mol. The number of nitrogens with zero attached hydrogens (tertiary/aromatic N) is 2. The average Bonchev–Trinajstić information content (AvgIpc) is 3.17. The fourth-order valence-electron chi connectivity index (χ4n) is 4.77. The number of aliphatic hydroxyl groups excluding tert-OH is 1. The second-order valence-corrected chi connectivity index (χ2v) is 11.3. The Labute approximate surface area is 211 Å². The van der Waals surface area contributed by atoms with Crippen LogP contribution in [0.5, 0.6) is 0 Å². The summed E-state index contributed by atoms with van der Waals surface area (Å²) in [6.07, 6.45) is 2.90. The number of amides is 2. The predicted octanol–water partition coefficient (Wildman–Crippen LogP) is 3.59. The molecule has 1 aliphatic rings. The van der Waals surface area contributed by atoms with E-state index < -0.39 is 9.84 Å². The van der Waals surface area contributed by atoms with Crippen LogP contribution in [-0.2, 0) is 9.84 Å². The summed E-state index contributed by atoms with van der Waals surface area (Å²) >= 11 is 0. The molecule has 2 N–H and O–H groups in total. The quantitative estimate of drug-likeness (QED) is 0.528. The Bertz CT molecular complexity index is 1390. The number of anilines is 1. The summed E-state index contributed by atoms with van der Waals surface area (Å²) < 4.78 is 25.3. The van der Waals surface area contributed by atoms with Crippen LogP contribution in [0, 0.1) is 19.8 Å². The van der Waals surface area contributed by atoms with Gasteiger partial charge in [0.1, 0.15) is 0 Å². The van der Waals surface area contributed by atoms with Gasteiger partial charge in [-0.25, -0.2) is 8.42 Å². The zero-order chi connectivity index (χ0) is 26.0. The van der Waals surface area contributed by atoms with Gasteiger partial charge < -0.3 is 19.9 Å². The molecule has 1 aromatic heterocycles. The van der Waals surface area contributed by atoms with Crippen molar-refractivity contribution >= 4 is 27.3 Å². The number of aliphatic hydroxyl groups is 1. The van der Waals surface area contributed by atoms with E-state index in [-0.39, 0.29) is 29.2 Å². The maximum atomic E-state index is 13.5. The van der Waals surface area contributed by atoms with Gasteiger partial charge in [-0.1, -0.05) is 12.1 Å². The Hall–Kier alpha value is -3.43. The lowest BCUT2D eigenvalue weighted by molar-refractivity contribution is 0.0620. The van der Waals surface area contributed by atoms with Gasteiger partial charge in [-0.15, -0.1) is 0 Å². The van der Waals surface area contributed by atoms with Gasteiger partial charge in [0.25, 0.3) is 11.8 Å². The van der Waals surface area contributed by atoms with Crippen LogP contribution >= 0.6 is 0 Å². The van der Waals surface area contributed by atoms with E-state index in [1.807, 2.05) is 36.6 Å². The topological polar surface area (TPSA) is 109 Å². The van der Waals surface area contributed by atoms with Crippen LogP contribution in [-0.4, -0.2) is 60.8 Å². The van der Waals surface area contributed by atoms with Gasteiger partial charge >= 0.3 is 0 Å². The maximum Gasteiger partial charge on any atom is 0.257 e. The number of hydrogen-bond donors (Lipinski definition) is 2. The Balaban J connectivity index is 1.62. The highest BCUT2D eigenvalue weighted by Gasteiger charge is 2.27. The highest BCUT2D eigenvalue weighted by atomic mass is 32.2. The van der Waals surface area contributed by atoms with Gasteiger partial charge in [0.05, 0.1) is 21.7 Å². The van der Waals surface area contributed by atoms with E-state index in [4.69, 9.17) is 0 Å². The molecule has 1 atom stereocenters. The van der Waals surface area contributed by atoms with E-state index in [0.717, 1.165) is 24.8 Å². The Kier molecular flexibility index (Phi) is 7.33. The molecule has 190 valence electrons. The van der Waals surface area contributed by atoms with Crippen LogP contribution in [0.2, 0.25) is 0 Å². The van der Waals surface area contributed by atoms with Gasteiger partial charge in [-0.05, 0) is 75.1 Å². The normalized spacial score (nSPS) is 16.1. The number of sulfone groups is 1. The molecule has 1 unspecified atom stereocenters. The molecule has 0 saturated carbocycles. The SMILES string of the molecule is Cc1cc(C(=O)Nc2ccc(S(C)(=O)=O)cc2)c(C)n1-c1ccccc1C(=O)N1CCCC(CO)C1. The minimum atomic E-state index is -3.32. The standard InChI is InChI=1S/C27H31N3O5S/c1-18-15-24(26(32)28-21-10-12-22(13-11-21)36(3,34)35)19(2)30(18)25-9-5-4-8-23(25)27(33)29-14-6-7-20(16-29)17-31/h4-5,8-13,15,20,31H,6-7,14,16-17H2,1-3H3,(H,28,32). The van der Waals surface area contributed by atoms with Crippen LogP contribution in [0.25, 0.3) is 5.69 Å². The van der Waals surface area contributed by atoms with E-state index in [2.05, 4.69) is 5.32 Å². The Morgan fingerprint density at radius 2 is 1.75 bits per heavy atom. The number of benzene rings is 2. The van der Waals surface area contributed by atoms with E-state index in [1.54, 1.807) is 29.2 Å². The highest BCUT2D eigenvalue weighted by molar-refractivity contribution is 7.90.